The van der Waals surface area contributed by atoms with Crippen molar-refractivity contribution in [2.45, 2.75) is 57.3 Å². The number of aliphatic hydroxyl groups excluding tert-OH is 1. The summed E-state index contributed by atoms with van der Waals surface area (Å²) in [6.07, 6.45) is 4.94. The third-order valence-corrected chi connectivity index (χ3v) is 3.19. The molecule has 0 spiro atoms. The number of carbonyl (C=O) groups excluding carboxylic acids is 2. The fraction of sp³-hybridized carbons (Fsp3) is 0.692. The van der Waals surface area contributed by atoms with E-state index in [1.165, 1.54) is 0 Å². The topological polar surface area (TPSA) is 86.6 Å². The van der Waals surface area contributed by atoms with E-state index in [1.54, 1.807) is 6.92 Å². The van der Waals surface area contributed by atoms with Gasteiger partial charge in [-0.05, 0) is 19.8 Å². The molecule has 0 aromatic heterocycles. The molecule has 0 unspecified atom stereocenters. The lowest BCUT2D eigenvalue weighted by molar-refractivity contribution is -0.157. The molecule has 1 aliphatic rings. The molecule has 0 aromatic rings. The Morgan fingerprint density at radius 2 is 2.06 bits per heavy atom. The van der Waals surface area contributed by atoms with Crippen LogP contribution in [0.2, 0.25) is 0 Å². The highest BCUT2D eigenvalue weighted by molar-refractivity contribution is 6.11. The van der Waals surface area contributed by atoms with E-state index in [9.17, 15) is 19.8 Å². The number of rotatable bonds is 6. The van der Waals surface area contributed by atoms with E-state index in [4.69, 9.17) is 0 Å². The number of nitrogens with one attached hydrogen (secondary N) is 1. The van der Waals surface area contributed by atoms with Crippen molar-refractivity contribution in [2.75, 3.05) is 0 Å². The van der Waals surface area contributed by atoms with E-state index >= 15 is 0 Å². The highest BCUT2D eigenvalue weighted by Gasteiger charge is 2.56. The molecule has 0 aromatic carbocycles. The van der Waals surface area contributed by atoms with E-state index in [-0.39, 0.29) is 6.42 Å². The minimum absolute atomic E-state index is 0.0495. The first kappa shape index (κ1) is 14.9. The molecule has 3 N–H and O–H groups in total. The molecule has 1 heterocycles. The zero-order valence-electron chi connectivity index (χ0n) is 10.8. The molecule has 1 rings (SSSR count). The van der Waals surface area contributed by atoms with Crippen LogP contribution in [0.4, 0.5) is 0 Å². The zero-order valence-corrected chi connectivity index (χ0v) is 10.8. The Labute approximate surface area is 107 Å². The second-order valence-electron chi connectivity index (χ2n) is 4.70. The molecule has 1 aliphatic heterocycles. The number of amides is 1. The summed E-state index contributed by atoms with van der Waals surface area (Å²) in [5, 5.41) is 22.1. The maximum Gasteiger partial charge on any atom is 0.262 e. The summed E-state index contributed by atoms with van der Waals surface area (Å²) in [6, 6.07) is -0.609. The number of ketones is 1. The van der Waals surface area contributed by atoms with Crippen LogP contribution >= 0.6 is 0 Å². The third kappa shape index (κ3) is 2.79. The van der Waals surface area contributed by atoms with Crippen molar-refractivity contribution >= 4 is 11.7 Å². The Kier molecular flexibility index (Phi) is 5.04. The first-order valence-electron chi connectivity index (χ1n) is 6.34. The van der Waals surface area contributed by atoms with Gasteiger partial charge in [0.15, 0.2) is 5.78 Å². The smallest absolute Gasteiger partial charge is 0.262 e. The van der Waals surface area contributed by atoms with Crippen LogP contribution < -0.4 is 5.32 Å². The number of hydrogen-bond acceptors (Lipinski definition) is 4. The van der Waals surface area contributed by atoms with Crippen LogP contribution in [0.15, 0.2) is 12.2 Å². The van der Waals surface area contributed by atoms with Gasteiger partial charge in [0.25, 0.3) is 5.91 Å². The largest absolute Gasteiger partial charge is 0.387 e. The van der Waals surface area contributed by atoms with Crippen LogP contribution in [-0.2, 0) is 9.59 Å². The Hall–Kier alpha value is -1.20. The minimum Gasteiger partial charge on any atom is -0.387 e. The lowest BCUT2D eigenvalue weighted by Gasteiger charge is -2.22. The van der Waals surface area contributed by atoms with Crippen molar-refractivity contribution in [3.8, 4) is 0 Å². The van der Waals surface area contributed by atoms with Gasteiger partial charge in [-0.15, -0.1) is 0 Å². The zero-order chi connectivity index (χ0) is 13.8. The minimum atomic E-state index is -2.28. The van der Waals surface area contributed by atoms with Gasteiger partial charge in [0.1, 0.15) is 6.10 Å². The predicted octanol–water partition coefficient (Wildman–Crippen LogP) is 0.302. The monoisotopic (exact) mass is 255 g/mol. The molecule has 1 fully saturated rings. The number of aliphatic hydroxyl groups is 2. The van der Waals surface area contributed by atoms with Crippen molar-refractivity contribution in [2.24, 2.45) is 0 Å². The summed E-state index contributed by atoms with van der Waals surface area (Å²) in [6.45, 7) is 3.60. The Morgan fingerprint density at radius 1 is 1.44 bits per heavy atom. The van der Waals surface area contributed by atoms with E-state index in [0.717, 1.165) is 12.8 Å². The number of carbonyl (C=O) groups is 2. The average Bonchev–Trinajstić information content (AvgIpc) is 2.54. The first-order valence-corrected chi connectivity index (χ1v) is 6.34. The molecular weight excluding hydrogens is 234 g/mol. The van der Waals surface area contributed by atoms with Gasteiger partial charge in [0.2, 0.25) is 5.60 Å². The SMILES string of the molecule is CCC/C=C/CCC(=O)[C@]1(O)C(=O)N[C@@H](C)[C@@H]1O. The van der Waals surface area contributed by atoms with Gasteiger partial charge < -0.3 is 15.5 Å². The number of hydrogen-bond donors (Lipinski definition) is 3. The van der Waals surface area contributed by atoms with Gasteiger partial charge in [-0.25, -0.2) is 0 Å². The molecule has 0 bridgehead atoms. The first-order chi connectivity index (χ1) is 8.44. The summed E-state index contributed by atoms with van der Waals surface area (Å²) in [7, 11) is 0. The molecular formula is C13H21NO4. The molecule has 1 amide bonds. The summed E-state index contributed by atoms with van der Waals surface area (Å²) in [5.41, 5.74) is -2.28. The summed E-state index contributed by atoms with van der Waals surface area (Å²) in [5.74, 6) is -1.43. The summed E-state index contributed by atoms with van der Waals surface area (Å²) >= 11 is 0. The Morgan fingerprint density at radius 3 is 2.56 bits per heavy atom. The summed E-state index contributed by atoms with van der Waals surface area (Å²) < 4.78 is 0. The average molecular weight is 255 g/mol. The van der Waals surface area contributed by atoms with Gasteiger partial charge in [0.05, 0.1) is 6.04 Å². The van der Waals surface area contributed by atoms with Gasteiger partial charge in [-0.1, -0.05) is 25.5 Å². The quantitative estimate of drug-likeness (QED) is 0.470. The third-order valence-electron chi connectivity index (χ3n) is 3.19. The maximum atomic E-state index is 11.9. The molecule has 5 heteroatoms. The van der Waals surface area contributed by atoms with Crippen LogP contribution in [0.3, 0.4) is 0 Å². The number of unbranched alkanes of at least 4 members (excludes halogenated alkanes) is 1. The van der Waals surface area contributed by atoms with Crippen molar-refractivity contribution < 1.29 is 19.8 Å². The van der Waals surface area contributed by atoms with Crippen LogP contribution in [0, 0.1) is 0 Å². The molecule has 18 heavy (non-hydrogen) atoms. The van der Waals surface area contributed by atoms with E-state index in [1.807, 2.05) is 12.2 Å². The highest BCUT2D eigenvalue weighted by Crippen LogP contribution is 2.24. The van der Waals surface area contributed by atoms with E-state index in [0.29, 0.717) is 6.42 Å². The Balaban J connectivity index is 2.58. The molecule has 1 saturated heterocycles. The van der Waals surface area contributed by atoms with Gasteiger partial charge in [0, 0.05) is 6.42 Å². The van der Waals surface area contributed by atoms with Crippen molar-refractivity contribution in [3.05, 3.63) is 12.2 Å². The fourth-order valence-electron chi connectivity index (χ4n) is 1.99. The second kappa shape index (κ2) is 6.11. The van der Waals surface area contributed by atoms with Crippen LogP contribution in [0.5, 0.6) is 0 Å². The molecule has 3 atom stereocenters. The normalized spacial score (nSPS) is 31.9. The number of allylic oxidation sites excluding steroid dienone is 2. The lowest BCUT2D eigenvalue weighted by atomic mass is 9.89. The van der Waals surface area contributed by atoms with Crippen LogP contribution in [0.1, 0.15) is 39.5 Å². The lowest BCUT2D eigenvalue weighted by Crippen LogP contribution is -2.53. The molecule has 5 nitrogen and oxygen atoms in total. The molecule has 0 saturated carbocycles. The van der Waals surface area contributed by atoms with Crippen molar-refractivity contribution in [3.63, 3.8) is 0 Å². The molecule has 0 radical (unpaired) electrons. The van der Waals surface area contributed by atoms with Gasteiger partial charge in [-0.3, -0.25) is 9.59 Å². The molecule has 0 aliphatic carbocycles. The Bertz CT molecular complexity index is 353. The van der Waals surface area contributed by atoms with Gasteiger partial charge in [-0.2, -0.15) is 0 Å². The van der Waals surface area contributed by atoms with Gasteiger partial charge >= 0.3 is 0 Å². The fourth-order valence-corrected chi connectivity index (χ4v) is 1.99. The van der Waals surface area contributed by atoms with Crippen molar-refractivity contribution in [1.82, 2.24) is 5.32 Å². The standard InChI is InChI=1S/C13H21NO4/c1-3-4-5-6-7-8-10(15)13(18)11(16)9(2)14-12(13)17/h5-6,9,11,16,18H,3-4,7-8H2,1-2H3,(H,14,17)/b6-5+/t9-,11-,13+/m0/s1. The van der Waals surface area contributed by atoms with Crippen LogP contribution in [0.25, 0.3) is 0 Å². The number of Topliss-reactive ketones (excluding diaryl/α,β-unsaturated/α-hetero) is 1. The summed E-state index contributed by atoms with van der Waals surface area (Å²) in [4.78, 5) is 23.4. The predicted molar refractivity (Wildman–Crippen MR) is 66.9 cm³/mol. The van der Waals surface area contributed by atoms with Crippen molar-refractivity contribution in [1.29, 1.82) is 0 Å². The maximum absolute atomic E-state index is 11.9. The van der Waals surface area contributed by atoms with E-state index in [2.05, 4.69) is 12.2 Å². The second-order valence-corrected chi connectivity index (χ2v) is 4.70. The van der Waals surface area contributed by atoms with Crippen LogP contribution in [-0.4, -0.2) is 39.7 Å². The molecule has 102 valence electrons. The van der Waals surface area contributed by atoms with E-state index < -0.39 is 29.4 Å². The highest BCUT2D eigenvalue weighted by atomic mass is 16.4.